The maximum atomic E-state index is 5.00. The molecular formula is C14H21N3O. The van der Waals surface area contributed by atoms with E-state index in [4.69, 9.17) is 4.74 Å². The summed E-state index contributed by atoms with van der Waals surface area (Å²) >= 11 is 0. The summed E-state index contributed by atoms with van der Waals surface area (Å²) in [7, 11) is 1.74. The lowest BCUT2D eigenvalue weighted by Crippen LogP contribution is -2.18. The monoisotopic (exact) mass is 247 g/mol. The van der Waals surface area contributed by atoms with Gasteiger partial charge >= 0.3 is 0 Å². The summed E-state index contributed by atoms with van der Waals surface area (Å²) in [6, 6.07) is 8.15. The largest absolute Gasteiger partial charge is 0.385 e. The fraction of sp³-hybridized carbons (Fsp3) is 0.500. The quantitative estimate of drug-likeness (QED) is 0.703. The predicted octanol–water partition coefficient (Wildman–Crippen LogP) is 2.12. The first kappa shape index (κ1) is 13.1. The molecule has 0 radical (unpaired) electrons. The van der Waals surface area contributed by atoms with Crippen LogP contribution in [-0.4, -0.2) is 36.8 Å². The van der Waals surface area contributed by atoms with Gasteiger partial charge in [0.2, 0.25) is 0 Å². The topological polar surface area (TPSA) is 49.9 Å². The molecule has 4 nitrogen and oxygen atoms in total. The average molecular weight is 247 g/mol. The second-order valence-corrected chi connectivity index (χ2v) is 4.40. The molecule has 1 aromatic heterocycles. The lowest BCUT2D eigenvalue weighted by Gasteiger charge is -2.02. The van der Waals surface area contributed by atoms with Gasteiger partial charge in [0.05, 0.1) is 11.0 Å². The first-order chi connectivity index (χ1) is 8.90. The van der Waals surface area contributed by atoms with E-state index in [1.807, 2.05) is 18.2 Å². The minimum absolute atomic E-state index is 0.830. The second-order valence-electron chi connectivity index (χ2n) is 4.40. The van der Waals surface area contributed by atoms with Gasteiger partial charge < -0.3 is 15.0 Å². The zero-order chi connectivity index (χ0) is 12.6. The number of methoxy groups -OCH3 is 1. The smallest absolute Gasteiger partial charge is 0.107 e. The molecule has 0 amide bonds. The number of imidazole rings is 1. The summed E-state index contributed by atoms with van der Waals surface area (Å²) in [5, 5.41) is 3.40. The number of para-hydroxylation sites is 2. The van der Waals surface area contributed by atoms with Crippen molar-refractivity contribution in [2.24, 2.45) is 0 Å². The van der Waals surface area contributed by atoms with E-state index >= 15 is 0 Å². The highest BCUT2D eigenvalue weighted by Crippen LogP contribution is 2.10. The molecule has 1 heterocycles. The van der Waals surface area contributed by atoms with E-state index in [2.05, 4.69) is 21.4 Å². The Labute approximate surface area is 108 Å². The fourth-order valence-corrected chi connectivity index (χ4v) is 1.97. The number of ether oxygens (including phenoxy) is 1. The Hall–Kier alpha value is -1.39. The zero-order valence-corrected chi connectivity index (χ0v) is 10.9. The van der Waals surface area contributed by atoms with Crippen LogP contribution in [0.3, 0.4) is 0 Å². The van der Waals surface area contributed by atoms with Crippen molar-refractivity contribution in [3.8, 4) is 0 Å². The van der Waals surface area contributed by atoms with Gasteiger partial charge in [-0.15, -0.1) is 0 Å². The molecule has 0 aliphatic heterocycles. The van der Waals surface area contributed by atoms with Gasteiger partial charge in [0.25, 0.3) is 0 Å². The number of hydrogen-bond donors (Lipinski definition) is 2. The Morgan fingerprint density at radius 2 is 2.06 bits per heavy atom. The van der Waals surface area contributed by atoms with Gasteiger partial charge in [-0.05, 0) is 38.1 Å². The number of hydrogen-bond acceptors (Lipinski definition) is 3. The van der Waals surface area contributed by atoms with Crippen molar-refractivity contribution in [1.82, 2.24) is 15.3 Å². The normalized spacial score (nSPS) is 11.2. The molecule has 4 heteroatoms. The number of aryl methyl sites for hydroxylation is 1. The summed E-state index contributed by atoms with van der Waals surface area (Å²) in [5.74, 6) is 1.08. The number of rotatable bonds is 8. The van der Waals surface area contributed by atoms with Crippen LogP contribution in [0.15, 0.2) is 24.3 Å². The van der Waals surface area contributed by atoms with Gasteiger partial charge in [-0.2, -0.15) is 0 Å². The molecule has 0 fully saturated rings. The molecular weight excluding hydrogens is 226 g/mol. The number of benzene rings is 1. The van der Waals surface area contributed by atoms with Crippen molar-refractivity contribution in [3.63, 3.8) is 0 Å². The number of aromatic amines is 1. The van der Waals surface area contributed by atoms with Crippen LogP contribution in [-0.2, 0) is 11.2 Å². The number of fused-ring (bicyclic) bond motifs is 1. The average Bonchev–Trinajstić information content (AvgIpc) is 2.80. The minimum atomic E-state index is 0.830. The van der Waals surface area contributed by atoms with Crippen LogP contribution < -0.4 is 5.32 Å². The van der Waals surface area contributed by atoms with E-state index in [9.17, 15) is 0 Å². The Kier molecular flexibility index (Phi) is 5.17. The molecule has 0 aliphatic rings. The summed E-state index contributed by atoms with van der Waals surface area (Å²) in [6.45, 7) is 2.88. The number of aromatic nitrogens is 2. The molecule has 2 N–H and O–H groups in total. The van der Waals surface area contributed by atoms with Gasteiger partial charge in [-0.1, -0.05) is 12.1 Å². The number of nitrogens with zero attached hydrogens (tertiary/aromatic N) is 1. The number of nitrogens with one attached hydrogen (secondary N) is 2. The summed E-state index contributed by atoms with van der Waals surface area (Å²) in [5.41, 5.74) is 2.18. The van der Waals surface area contributed by atoms with Crippen LogP contribution in [0.5, 0.6) is 0 Å². The van der Waals surface area contributed by atoms with E-state index in [0.717, 1.165) is 55.8 Å². The van der Waals surface area contributed by atoms with E-state index in [1.165, 1.54) is 0 Å². The third kappa shape index (κ3) is 3.82. The zero-order valence-electron chi connectivity index (χ0n) is 10.9. The van der Waals surface area contributed by atoms with Crippen LogP contribution in [0, 0.1) is 0 Å². The van der Waals surface area contributed by atoms with Crippen molar-refractivity contribution in [3.05, 3.63) is 30.1 Å². The summed E-state index contributed by atoms with van der Waals surface area (Å²) in [6.07, 6.45) is 3.17. The molecule has 0 spiro atoms. The summed E-state index contributed by atoms with van der Waals surface area (Å²) < 4.78 is 5.00. The van der Waals surface area contributed by atoms with Gasteiger partial charge in [0, 0.05) is 20.1 Å². The maximum Gasteiger partial charge on any atom is 0.107 e. The molecule has 0 saturated carbocycles. The SMILES string of the molecule is COCCCNCCCc1nc2ccccc2[nH]1. The highest BCUT2D eigenvalue weighted by atomic mass is 16.5. The van der Waals surface area contributed by atoms with Crippen molar-refractivity contribution >= 4 is 11.0 Å². The van der Waals surface area contributed by atoms with Gasteiger partial charge in [-0.3, -0.25) is 0 Å². The van der Waals surface area contributed by atoms with Crippen LogP contribution in [0.4, 0.5) is 0 Å². The Morgan fingerprint density at radius 3 is 2.89 bits per heavy atom. The molecule has 0 saturated heterocycles. The van der Waals surface area contributed by atoms with Crippen molar-refractivity contribution < 1.29 is 4.74 Å². The van der Waals surface area contributed by atoms with Crippen molar-refractivity contribution in [2.75, 3.05) is 26.8 Å². The number of H-pyrrole nitrogens is 1. The fourth-order valence-electron chi connectivity index (χ4n) is 1.97. The third-order valence-corrected chi connectivity index (χ3v) is 2.91. The molecule has 98 valence electrons. The minimum Gasteiger partial charge on any atom is -0.385 e. The van der Waals surface area contributed by atoms with E-state index in [0.29, 0.717) is 0 Å². The molecule has 0 unspecified atom stereocenters. The lowest BCUT2D eigenvalue weighted by atomic mass is 10.3. The molecule has 18 heavy (non-hydrogen) atoms. The Balaban J connectivity index is 1.67. The van der Waals surface area contributed by atoms with E-state index in [-0.39, 0.29) is 0 Å². The Morgan fingerprint density at radius 1 is 1.22 bits per heavy atom. The van der Waals surface area contributed by atoms with Gasteiger partial charge in [0.15, 0.2) is 0 Å². The molecule has 2 aromatic rings. The standard InChI is InChI=1S/C14H21N3O/c1-18-11-5-10-15-9-4-8-14-16-12-6-2-3-7-13(12)17-14/h2-3,6-7,15H,4-5,8-11H2,1H3,(H,16,17). The second kappa shape index (κ2) is 7.13. The first-order valence-electron chi connectivity index (χ1n) is 6.53. The van der Waals surface area contributed by atoms with E-state index in [1.54, 1.807) is 7.11 Å². The maximum absolute atomic E-state index is 5.00. The third-order valence-electron chi connectivity index (χ3n) is 2.91. The van der Waals surface area contributed by atoms with Crippen LogP contribution >= 0.6 is 0 Å². The first-order valence-corrected chi connectivity index (χ1v) is 6.53. The lowest BCUT2D eigenvalue weighted by molar-refractivity contribution is 0.194. The van der Waals surface area contributed by atoms with Gasteiger partial charge in [-0.25, -0.2) is 4.98 Å². The van der Waals surface area contributed by atoms with Crippen molar-refractivity contribution in [1.29, 1.82) is 0 Å². The van der Waals surface area contributed by atoms with Crippen molar-refractivity contribution in [2.45, 2.75) is 19.3 Å². The van der Waals surface area contributed by atoms with Crippen LogP contribution in [0.1, 0.15) is 18.7 Å². The molecule has 0 aliphatic carbocycles. The predicted molar refractivity (Wildman–Crippen MR) is 73.8 cm³/mol. The van der Waals surface area contributed by atoms with Crippen LogP contribution in [0.25, 0.3) is 11.0 Å². The van der Waals surface area contributed by atoms with Crippen LogP contribution in [0.2, 0.25) is 0 Å². The molecule has 2 rings (SSSR count). The molecule has 0 bridgehead atoms. The Bertz CT molecular complexity index is 434. The van der Waals surface area contributed by atoms with E-state index < -0.39 is 0 Å². The van der Waals surface area contributed by atoms with Gasteiger partial charge in [0.1, 0.15) is 5.82 Å². The molecule has 1 aromatic carbocycles. The summed E-state index contributed by atoms with van der Waals surface area (Å²) in [4.78, 5) is 7.90. The molecule has 0 atom stereocenters. The highest BCUT2D eigenvalue weighted by molar-refractivity contribution is 5.74. The highest BCUT2D eigenvalue weighted by Gasteiger charge is 2.00.